The summed E-state index contributed by atoms with van der Waals surface area (Å²) in [6.45, 7) is 4.13. The minimum atomic E-state index is -0.206. The Kier molecular flexibility index (Phi) is 4.22. The number of aliphatic hydroxyl groups excluding tert-OH is 1. The Bertz CT molecular complexity index is 693. The van der Waals surface area contributed by atoms with Gasteiger partial charge >= 0.3 is 0 Å². The van der Waals surface area contributed by atoms with E-state index >= 15 is 0 Å². The molecule has 2 atom stereocenters. The van der Waals surface area contributed by atoms with Crippen molar-refractivity contribution in [2.45, 2.75) is 39.2 Å². The monoisotopic (exact) mass is 313 g/mol. The third-order valence-electron chi connectivity index (χ3n) is 4.85. The van der Waals surface area contributed by atoms with E-state index in [2.05, 4.69) is 10.4 Å². The van der Waals surface area contributed by atoms with Crippen LogP contribution in [0.5, 0.6) is 0 Å². The van der Waals surface area contributed by atoms with E-state index < -0.39 is 0 Å². The molecule has 0 radical (unpaired) electrons. The zero-order chi connectivity index (χ0) is 16.4. The van der Waals surface area contributed by atoms with Gasteiger partial charge in [0.1, 0.15) is 0 Å². The predicted molar refractivity (Wildman–Crippen MR) is 88.6 cm³/mol. The van der Waals surface area contributed by atoms with E-state index in [1.54, 1.807) is 10.9 Å². The number of rotatable bonds is 4. The molecule has 0 bridgehead atoms. The Morgan fingerprint density at radius 2 is 2.17 bits per heavy atom. The van der Waals surface area contributed by atoms with E-state index in [0.717, 1.165) is 30.5 Å². The molecule has 3 rings (SSSR count). The normalized spacial score (nSPS) is 23.9. The highest BCUT2D eigenvalue weighted by Gasteiger charge is 2.39. The van der Waals surface area contributed by atoms with Crippen molar-refractivity contribution in [3.05, 3.63) is 47.8 Å². The van der Waals surface area contributed by atoms with Crippen LogP contribution >= 0.6 is 0 Å². The molecule has 2 N–H and O–H groups in total. The fourth-order valence-electron chi connectivity index (χ4n) is 3.23. The van der Waals surface area contributed by atoms with E-state index in [1.165, 1.54) is 0 Å². The van der Waals surface area contributed by atoms with Gasteiger partial charge in [-0.25, -0.2) is 4.68 Å². The maximum absolute atomic E-state index is 12.4. The SMILES string of the molecule is Cc1cnn(-c2ccc(C(=O)NC3CCCC3(C)CO)cc2)c1. The Morgan fingerprint density at radius 1 is 1.43 bits per heavy atom. The van der Waals surface area contributed by atoms with Gasteiger partial charge in [-0.2, -0.15) is 5.10 Å². The molecule has 23 heavy (non-hydrogen) atoms. The number of nitrogens with zero attached hydrogens (tertiary/aromatic N) is 2. The molecule has 0 aliphatic heterocycles. The standard InChI is InChI=1S/C18H23N3O2/c1-13-10-19-21(11-13)15-7-5-14(6-8-15)17(23)20-16-4-3-9-18(16,2)12-22/h5-8,10-11,16,22H,3-4,9,12H2,1-2H3,(H,20,23). The van der Waals surface area contributed by atoms with E-state index in [9.17, 15) is 9.90 Å². The molecule has 1 aromatic heterocycles. The van der Waals surface area contributed by atoms with Gasteiger partial charge in [0.05, 0.1) is 18.5 Å². The van der Waals surface area contributed by atoms with Crippen LogP contribution in [0.1, 0.15) is 42.1 Å². The molecule has 1 aliphatic rings. The minimum Gasteiger partial charge on any atom is -0.396 e. The number of hydrogen-bond donors (Lipinski definition) is 2. The number of amides is 1. The quantitative estimate of drug-likeness (QED) is 0.911. The van der Waals surface area contributed by atoms with Gasteiger partial charge in [0.2, 0.25) is 0 Å². The topological polar surface area (TPSA) is 67.2 Å². The smallest absolute Gasteiger partial charge is 0.251 e. The van der Waals surface area contributed by atoms with Crippen LogP contribution in [0.2, 0.25) is 0 Å². The first-order chi connectivity index (χ1) is 11.0. The third-order valence-corrected chi connectivity index (χ3v) is 4.85. The molecule has 122 valence electrons. The lowest BCUT2D eigenvalue weighted by atomic mass is 9.85. The summed E-state index contributed by atoms with van der Waals surface area (Å²) in [7, 11) is 0. The van der Waals surface area contributed by atoms with Crippen molar-refractivity contribution < 1.29 is 9.90 Å². The first kappa shape index (κ1) is 15.7. The minimum absolute atomic E-state index is 0.0356. The van der Waals surface area contributed by atoms with Crippen molar-refractivity contribution in [2.75, 3.05) is 6.61 Å². The number of carbonyl (C=O) groups is 1. The van der Waals surface area contributed by atoms with E-state index in [4.69, 9.17) is 0 Å². The van der Waals surface area contributed by atoms with Crippen LogP contribution in [0.3, 0.4) is 0 Å². The van der Waals surface area contributed by atoms with Crippen LogP contribution < -0.4 is 5.32 Å². The Hall–Kier alpha value is -2.14. The lowest BCUT2D eigenvalue weighted by Crippen LogP contribution is -2.44. The summed E-state index contributed by atoms with van der Waals surface area (Å²) in [6, 6.07) is 7.44. The lowest BCUT2D eigenvalue weighted by Gasteiger charge is -2.30. The molecule has 1 amide bonds. The summed E-state index contributed by atoms with van der Waals surface area (Å²) in [5.41, 5.74) is 2.44. The molecule has 1 aliphatic carbocycles. The molecule has 2 unspecified atom stereocenters. The molecule has 5 nitrogen and oxygen atoms in total. The number of aliphatic hydroxyl groups is 1. The van der Waals surface area contributed by atoms with E-state index in [1.807, 2.05) is 44.3 Å². The maximum atomic E-state index is 12.4. The maximum Gasteiger partial charge on any atom is 0.251 e. The Labute approximate surface area is 136 Å². The Morgan fingerprint density at radius 3 is 2.78 bits per heavy atom. The highest BCUT2D eigenvalue weighted by atomic mass is 16.3. The van der Waals surface area contributed by atoms with Gasteiger partial charge in [-0.1, -0.05) is 13.3 Å². The number of aryl methyl sites for hydroxylation is 1. The number of hydrogen-bond acceptors (Lipinski definition) is 3. The van der Waals surface area contributed by atoms with Gasteiger partial charge in [0.25, 0.3) is 5.91 Å². The summed E-state index contributed by atoms with van der Waals surface area (Å²) < 4.78 is 1.79. The summed E-state index contributed by atoms with van der Waals surface area (Å²) >= 11 is 0. The molecule has 1 heterocycles. The van der Waals surface area contributed by atoms with Gasteiger partial charge in [-0.15, -0.1) is 0 Å². The van der Waals surface area contributed by atoms with Crippen LogP contribution in [0, 0.1) is 12.3 Å². The van der Waals surface area contributed by atoms with E-state index in [0.29, 0.717) is 5.56 Å². The first-order valence-corrected chi connectivity index (χ1v) is 8.05. The fourth-order valence-corrected chi connectivity index (χ4v) is 3.23. The number of carbonyl (C=O) groups excluding carboxylic acids is 1. The van der Waals surface area contributed by atoms with Crippen LogP contribution in [0.15, 0.2) is 36.7 Å². The summed E-state index contributed by atoms with van der Waals surface area (Å²) in [6.07, 6.45) is 6.66. The first-order valence-electron chi connectivity index (χ1n) is 8.05. The molecule has 1 saturated carbocycles. The van der Waals surface area contributed by atoms with Gasteiger partial charge in [-0.05, 0) is 49.6 Å². The van der Waals surface area contributed by atoms with Gasteiger partial charge in [0, 0.05) is 23.2 Å². The third kappa shape index (κ3) is 3.15. The second-order valence-corrected chi connectivity index (χ2v) is 6.74. The Balaban J connectivity index is 1.71. The summed E-state index contributed by atoms with van der Waals surface area (Å²) in [4.78, 5) is 12.4. The van der Waals surface area contributed by atoms with Crippen molar-refractivity contribution in [3.63, 3.8) is 0 Å². The van der Waals surface area contributed by atoms with Crippen LogP contribution in [0.4, 0.5) is 0 Å². The molecule has 2 aromatic rings. The lowest BCUT2D eigenvalue weighted by molar-refractivity contribution is 0.0830. The van der Waals surface area contributed by atoms with Crippen LogP contribution in [0.25, 0.3) is 5.69 Å². The summed E-state index contributed by atoms with van der Waals surface area (Å²) in [5.74, 6) is -0.0835. The average molecular weight is 313 g/mol. The largest absolute Gasteiger partial charge is 0.396 e. The molecular weight excluding hydrogens is 290 g/mol. The van der Waals surface area contributed by atoms with Crippen LogP contribution in [-0.2, 0) is 0 Å². The van der Waals surface area contributed by atoms with Crippen molar-refractivity contribution >= 4 is 5.91 Å². The fraction of sp³-hybridized carbons (Fsp3) is 0.444. The number of nitrogens with one attached hydrogen (secondary N) is 1. The van der Waals surface area contributed by atoms with Crippen LogP contribution in [-0.4, -0.2) is 33.4 Å². The van der Waals surface area contributed by atoms with Gasteiger partial charge in [-0.3, -0.25) is 4.79 Å². The predicted octanol–water partition coefficient (Wildman–Crippen LogP) is 2.46. The van der Waals surface area contributed by atoms with Gasteiger partial charge < -0.3 is 10.4 Å². The zero-order valence-electron chi connectivity index (χ0n) is 13.6. The summed E-state index contributed by atoms with van der Waals surface area (Å²) in [5, 5.41) is 16.9. The average Bonchev–Trinajstić information content (AvgIpc) is 3.15. The highest BCUT2D eigenvalue weighted by Crippen LogP contribution is 2.37. The molecule has 5 heteroatoms. The van der Waals surface area contributed by atoms with Crippen molar-refractivity contribution in [2.24, 2.45) is 5.41 Å². The van der Waals surface area contributed by atoms with Gasteiger partial charge in [0.15, 0.2) is 0 Å². The van der Waals surface area contributed by atoms with E-state index in [-0.39, 0.29) is 24.0 Å². The molecule has 1 aromatic carbocycles. The molecule has 1 fully saturated rings. The zero-order valence-corrected chi connectivity index (χ0v) is 13.6. The van der Waals surface area contributed by atoms with Crippen molar-refractivity contribution in [1.82, 2.24) is 15.1 Å². The highest BCUT2D eigenvalue weighted by molar-refractivity contribution is 5.94. The molecule has 0 spiro atoms. The molecular formula is C18H23N3O2. The second kappa shape index (κ2) is 6.16. The van der Waals surface area contributed by atoms with Crippen molar-refractivity contribution in [1.29, 1.82) is 0 Å². The number of aromatic nitrogens is 2. The molecule has 0 saturated heterocycles. The number of benzene rings is 1. The van der Waals surface area contributed by atoms with Crippen molar-refractivity contribution in [3.8, 4) is 5.69 Å². The second-order valence-electron chi connectivity index (χ2n) is 6.74.